The fraction of sp³-hybridized carbons (Fsp3) is 0.591. The van der Waals surface area contributed by atoms with E-state index >= 15 is 0 Å². The molecule has 1 fully saturated rings. The number of guanidine groups is 1. The van der Waals surface area contributed by atoms with Crippen molar-refractivity contribution in [1.29, 1.82) is 0 Å². The van der Waals surface area contributed by atoms with Gasteiger partial charge >= 0.3 is 0 Å². The fourth-order valence-corrected chi connectivity index (χ4v) is 4.51. The Balaban J connectivity index is 1.50. The third kappa shape index (κ3) is 6.20. The van der Waals surface area contributed by atoms with Crippen LogP contribution in [0.5, 0.6) is 0 Å². The number of hydrogen-bond donors (Lipinski definition) is 2. The molecule has 1 aliphatic carbocycles. The van der Waals surface area contributed by atoms with Gasteiger partial charge in [-0.15, -0.1) is 10.2 Å². The van der Waals surface area contributed by atoms with Gasteiger partial charge in [-0.25, -0.2) is 4.39 Å². The van der Waals surface area contributed by atoms with Gasteiger partial charge in [0.15, 0.2) is 11.1 Å². The molecular formula is C22H33FN6S. The van der Waals surface area contributed by atoms with Crippen molar-refractivity contribution in [1.82, 2.24) is 25.4 Å². The van der Waals surface area contributed by atoms with Gasteiger partial charge in [0.05, 0.1) is 0 Å². The highest BCUT2D eigenvalue weighted by Crippen LogP contribution is 2.33. The smallest absolute Gasteiger partial charge is 0.191 e. The van der Waals surface area contributed by atoms with Crippen molar-refractivity contribution < 1.29 is 4.39 Å². The van der Waals surface area contributed by atoms with Gasteiger partial charge in [0, 0.05) is 32.1 Å². The Morgan fingerprint density at radius 2 is 2.00 bits per heavy atom. The Kier molecular flexibility index (Phi) is 8.99. The van der Waals surface area contributed by atoms with E-state index in [2.05, 4.69) is 36.6 Å². The molecule has 6 nitrogen and oxygen atoms in total. The van der Waals surface area contributed by atoms with E-state index in [1.165, 1.54) is 31.7 Å². The molecule has 0 atom stereocenters. The van der Waals surface area contributed by atoms with Crippen molar-refractivity contribution >= 4 is 17.7 Å². The van der Waals surface area contributed by atoms with Gasteiger partial charge in [-0.05, 0) is 50.5 Å². The molecule has 1 saturated carbocycles. The summed E-state index contributed by atoms with van der Waals surface area (Å²) in [6, 6.07) is 7.46. The Labute approximate surface area is 183 Å². The first-order valence-electron chi connectivity index (χ1n) is 11.0. The van der Waals surface area contributed by atoms with Crippen LogP contribution in [0.1, 0.15) is 56.5 Å². The van der Waals surface area contributed by atoms with Gasteiger partial charge in [0.1, 0.15) is 11.6 Å². The summed E-state index contributed by atoms with van der Waals surface area (Å²) in [7, 11) is 0. The molecule has 0 unspecified atom stereocenters. The number of nitrogens with zero attached hydrogens (tertiary/aromatic N) is 4. The zero-order valence-electron chi connectivity index (χ0n) is 18.0. The van der Waals surface area contributed by atoms with Crippen LogP contribution in [-0.4, -0.2) is 46.6 Å². The number of aryl methyl sites for hydroxylation is 1. The lowest BCUT2D eigenvalue weighted by molar-refractivity contribution is 0.461. The van der Waals surface area contributed by atoms with E-state index in [1.807, 2.05) is 19.1 Å². The van der Waals surface area contributed by atoms with Gasteiger partial charge in [0.2, 0.25) is 0 Å². The molecule has 1 aromatic heterocycles. The quantitative estimate of drug-likeness (QED) is 0.257. The van der Waals surface area contributed by atoms with E-state index in [4.69, 9.17) is 0 Å². The van der Waals surface area contributed by atoms with Gasteiger partial charge in [0.25, 0.3) is 0 Å². The van der Waals surface area contributed by atoms with Crippen molar-refractivity contribution in [2.75, 3.05) is 25.9 Å². The summed E-state index contributed by atoms with van der Waals surface area (Å²) in [6.45, 7) is 4.18. The third-order valence-electron chi connectivity index (χ3n) is 5.42. The molecule has 1 aliphatic rings. The molecular weight excluding hydrogens is 399 g/mol. The summed E-state index contributed by atoms with van der Waals surface area (Å²) in [5.41, 5.74) is 0.719. The summed E-state index contributed by atoms with van der Waals surface area (Å²) < 4.78 is 16.1. The van der Waals surface area contributed by atoms with Crippen LogP contribution < -0.4 is 10.6 Å². The summed E-state index contributed by atoms with van der Waals surface area (Å²) in [5, 5.41) is 16.4. The van der Waals surface area contributed by atoms with Crippen LogP contribution >= 0.6 is 11.8 Å². The zero-order valence-corrected chi connectivity index (χ0v) is 18.8. The topological polar surface area (TPSA) is 67.1 Å². The number of aromatic nitrogens is 3. The van der Waals surface area contributed by atoms with Gasteiger partial charge in [-0.2, -0.15) is 0 Å². The Morgan fingerprint density at radius 1 is 1.20 bits per heavy atom. The van der Waals surface area contributed by atoms with Crippen molar-refractivity contribution in [2.45, 2.75) is 63.1 Å². The van der Waals surface area contributed by atoms with E-state index in [-0.39, 0.29) is 5.82 Å². The molecule has 0 amide bonds. The highest BCUT2D eigenvalue weighted by molar-refractivity contribution is 7.98. The minimum absolute atomic E-state index is 0.155. The van der Waals surface area contributed by atoms with Crippen LogP contribution in [-0.2, 0) is 12.8 Å². The van der Waals surface area contributed by atoms with Crippen LogP contribution in [0.2, 0.25) is 0 Å². The number of halogens is 1. The van der Waals surface area contributed by atoms with Crippen molar-refractivity contribution in [3.05, 3.63) is 41.5 Å². The zero-order chi connectivity index (χ0) is 21.2. The standard InChI is InChI=1S/C22H33FN6S/c1-3-24-21(26-16-14-17-9-4-7-12-19(17)23)25-15-8-13-20-27-28-22(30-2)29(20)18-10-5-6-11-18/h4,7,9,12,18H,3,5-6,8,10-11,13-16H2,1-2H3,(H2,24,25,26). The number of nitrogens with one attached hydrogen (secondary N) is 2. The van der Waals surface area contributed by atoms with Gasteiger partial charge in [-0.1, -0.05) is 42.8 Å². The predicted octanol–water partition coefficient (Wildman–Crippen LogP) is 3.98. The molecule has 2 aromatic rings. The van der Waals surface area contributed by atoms with E-state index in [0.29, 0.717) is 25.6 Å². The lowest BCUT2D eigenvalue weighted by Gasteiger charge is -2.16. The minimum atomic E-state index is -0.155. The molecule has 0 spiro atoms. The summed E-state index contributed by atoms with van der Waals surface area (Å²) in [4.78, 5) is 4.67. The average molecular weight is 433 g/mol. The predicted molar refractivity (Wildman–Crippen MR) is 122 cm³/mol. The number of benzene rings is 1. The first-order chi connectivity index (χ1) is 14.7. The third-order valence-corrected chi connectivity index (χ3v) is 6.07. The largest absolute Gasteiger partial charge is 0.357 e. The minimum Gasteiger partial charge on any atom is -0.357 e. The summed E-state index contributed by atoms with van der Waals surface area (Å²) >= 11 is 1.68. The average Bonchev–Trinajstić information content (AvgIpc) is 3.41. The second kappa shape index (κ2) is 11.9. The van der Waals surface area contributed by atoms with Crippen LogP contribution in [0.15, 0.2) is 34.4 Å². The van der Waals surface area contributed by atoms with E-state index in [0.717, 1.165) is 41.9 Å². The molecule has 0 saturated heterocycles. The Morgan fingerprint density at radius 3 is 2.73 bits per heavy atom. The van der Waals surface area contributed by atoms with E-state index < -0.39 is 0 Å². The molecule has 0 bridgehead atoms. The summed E-state index contributed by atoms with van der Waals surface area (Å²) in [5.74, 6) is 1.70. The molecule has 30 heavy (non-hydrogen) atoms. The van der Waals surface area contributed by atoms with E-state index in [1.54, 1.807) is 17.8 Å². The normalized spacial score (nSPS) is 15.0. The summed E-state index contributed by atoms with van der Waals surface area (Å²) in [6.07, 6.45) is 9.54. The Hall–Kier alpha value is -2.09. The van der Waals surface area contributed by atoms with E-state index in [9.17, 15) is 4.39 Å². The second-order valence-electron chi connectivity index (χ2n) is 7.54. The maximum atomic E-state index is 13.8. The maximum Gasteiger partial charge on any atom is 0.191 e. The van der Waals surface area contributed by atoms with Crippen LogP contribution in [0.4, 0.5) is 4.39 Å². The molecule has 2 N–H and O–H groups in total. The van der Waals surface area contributed by atoms with Crippen LogP contribution in [0, 0.1) is 5.82 Å². The number of thioether (sulfide) groups is 1. The highest BCUT2D eigenvalue weighted by Gasteiger charge is 2.23. The lowest BCUT2D eigenvalue weighted by atomic mass is 10.1. The van der Waals surface area contributed by atoms with Gasteiger partial charge in [-0.3, -0.25) is 4.99 Å². The van der Waals surface area contributed by atoms with Crippen molar-refractivity contribution in [3.8, 4) is 0 Å². The molecule has 8 heteroatoms. The lowest BCUT2D eigenvalue weighted by Crippen LogP contribution is -2.38. The first-order valence-corrected chi connectivity index (χ1v) is 12.2. The number of hydrogen-bond acceptors (Lipinski definition) is 4. The molecule has 0 radical (unpaired) electrons. The van der Waals surface area contributed by atoms with Crippen LogP contribution in [0.25, 0.3) is 0 Å². The number of aliphatic imine (C=N–C) groups is 1. The fourth-order valence-electron chi connectivity index (χ4n) is 3.93. The number of rotatable bonds is 10. The first kappa shape index (κ1) is 22.6. The molecule has 1 heterocycles. The maximum absolute atomic E-state index is 13.8. The highest BCUT2D eigenvalue weighted by atomic mass is 32.2. The monoisotopic (exact) mass is 432 g/mol. The second-order valence-corrected chi connectivity index (χ2v) is 8.32. The molecule has 164 valence electrons. The van der Waals surface area contributed by atoms with Crippen LogP contribution in [0.3, 0.4) is 0 Å². The molecule has 1 aromatic carbocycles. The molecule has 0 aliphatic heterocycles. The van der Waals surface area contributed by atoms with Crippen molar-refractivity contribution in [2.24, 2.45) is 4.99 Å². The SMILES string of the molecule is CCNC(=NCCCc1nnc(SC)n1C1CCCC1)NCCc1ccccc1F. The molecule has 3 rings (SSSR count). The van der Waals surface area contributed by atoms with Crippen molar-refractivity contribution in [3.63, 3.8) is 0 Å². The Bertz CT molecular complexity index is 816. The van der Waals surface area contributed by atoms with Gasteiger partial charge < -0.3 is 15.2 Å².